The Bertz CT molecular complexity index is 770. The van der Waals surface area contributed by atoms with Gasteiger partial charge in [-0.25, -0.2) is 4.79 Å². The number of nitrogens with zero attached hydrogens (tertiary/aromatic N) is 2. The van der Waals surface area contributed by atoms with Crippen molar-refractivity contribution >= 4 is 6.03 Å². The van der Waals surface area contributed by atoms with Crippen molar-refractivity contribution in [1.29, 1.82) is 0 Å². The maximum Gasteiger partial charge on any atom is 0.317 e. The molecule has 2 heterocycles. The van der Waals surface area contributed by atoms with Gasteiger partial charge in [0.05, 0.1) is 19.3 Å². The number of rotatable bonds is 4. The third-order valence-electron chi connectivity index (χ3n) is 4.25. The number of hydrogen-bond donors (Lipinski definition) is 1. The summed E-state index contributed by atoms with van der Waals surface area (Å²) in [6.07, 6.45) is 1.86. The van der Waals surface area contributed by atoms with Gasteiger partial charge < -0.3 is 19.5 Å². The summed E-state index contributed by atoms with van der Waals surface area (Å²) in [7, 11) is 0. The molecule has 1 aliphatic rings. The number of carbonyl (C=O) groups excluding carboxylic acids is 1. The minimum atomic E-state index is -0.0601. The largest absolute Gasteiger partial charge is 0.375 e. The first-order valence-corrected chi connectivity index (χ1v) is 8.49. The van der Waals surface area contributed by atoms with Gasteiger partial charge in [0.2, 0.25) is 0 Å². The summed E-state index contributed by atoms with van der Waals surface area (Å²) in [6.45, 7) is 4.82. The Balaban J connectivity index is 1.53. The first-order valence-electron chi connectivity index (χ1n) is 8.49. The molecule has 1 saturated heterocycles. The number of ether oxygens (including phenoxy) is 1. The van der Waals surface area contributed by atoms with Crippen LogP contribution in [0.5, 0.6) is 0 Å². The van der Waals surface area contributed by atoms with E-state index in [0.717, 1.165) is 11.1 Å². The van der Waals surface area contributed by atoms with Crippen molar-refractivity contribution < 1.29 is 9.53 Å². The van der Waals surface area contributed by atoms with Gasteiger partial charge in [-0.3, -0.25) is 4.79 Å². The van der Waals surface area contributed by atoms with Crippen LogP contribution in [0, 0.1) is 0 Å². The fourth-order valence-electron chi connectivity index (χ4n) is 2.84. The average Bonchev–Trinajstić information content (AvgIpc) is 2.63. The third-order valence-corrected chi connectivity index (χ3v) is 4.25. The summed E-state index contributed by atoms with van der Waals surface area (Å²) in [5, 5.41) is 2.94. The van der Waals surface area contributed by atoms with E-state index in [1.165, 1.54) is 0 Å². The number of morpholine rings is 1. The number of aromatic nitrogens is 1. The maximum absolute atomic E-state index is 12.2. The molecule has 0 aliphatic carbocycles. The highest BCUT2D eigenvalue weighted by atomic mass is 16.5. The molecular formula is C19H23N3O3. The van der Waals surface area contributed by atoms with Crippen molar-refractivity contribution in [1.82, 2.24) is 14.8 Å². The van der Waals surface area contributed by atoms with Crippen LogP contribution in [0.25, 0.3) is 0 Å². The van der Waals surface area contributed by atoms with Crippen molar-refractivity contribution in [2.24, 2.45) is 0 Å². The van der Waals surface area contributed by atoms with Gasteiger partial charge in [0.15, 0.2) is 0 Å². The monoisotopic (exact) mass is 341 g/mol. The summed E-state index contributed by atoms with van der Waals surface area (Å²) < 4.78 is 7.11. The quantitative estimate of drug-likeness (QED) is 0.923. The standard InChI is InChI=1S/C19H23N3O3/c1-15-13-22(10-11-25-15)19(24)20-12-16-5-7-17(8-6-16)14-21-9-3-2-4-18(21)23/h2-9,15H,10-14H2,1H3,(H,20,24). The number of benzene rings is 1. The molecule has 1 N–H and O–H groups in total. The van der Waals surface area contributed by atoms with Gasteiger partial charge in [0, 0.05) is 31.9 Å². The fourth-order valence-corrected chi connectivity index (χ4v) is 2.84. The lowest BCUT2D eigenvalue weighted by atomic mass is 10.1. The highest BCUT2D eigenvalue weighted by molar-refractivity contribution is 5.74. The van der Waals surface area contributed by atoms with Crippen LogP contribution in [0.2, 0.25) is 0 Å². The number of nitrogens with one attached hydrogen (secondary N) is 1. The zero-order valence-corrected chi connectivity index (χ0v) is 14.4. The van der Waals surface area contributed by atoms with E-state index < -0.39 is 0 Å². The SMILES string of the molecule is CC1CN(C(=O)NCc2ccc(Cn3ccccc3=O)cc2)CCO1. The van der Waals surface area contributed by atoms with Gasteiger partial charge in [-0.1, -0.05) is 30.3 Å². The number of amides is 2. The molecule has 0 saturated carbocycles. The predicted molar refractivity (Wildman–Crippen MR) is 95.5 cm³/mol. The van der Waals surface area contributed by atoms with E-state index in [1.54, 1.807) is 27.8 Å². The molecule has 25 heavy (non-hydrogen) atoms. The van der Waals surface area contributed by atoms with Crippen LogP contribution in [-0.4, -0.2) is 41.3 Å². The summed E-state index contributed by atoms with van der Waals surface area (Å²) >= 11 is 0. The Kier molecular flexibility index (Phi) is 5.50. The highest BCUT2D eigenvalue weighted by Gasteiger charge is 2.20. The van der Waals surface area contributed by atoms with Crippen LogP contribution in [-0.2, 0) is 17.8 Å². The van der Waals surface area contributed by atoms with Gasteiger partial charge >= 0.3 is 6.03 Å². The van der Waals surface area contributed by atoms with Crippen molar-refractivity contribution in [3.8, 4) is 0 Å². The number of carbonyl (C=O) groups is 1. The number of urea groups is 1. The van der Waals surface area contributed by atoms with Crippen LogP contribution in [0.15, 0.2) is 53.5 Å². The Labute approximate surface area is 147 Å². The van der Waals surface area contributed by atoms with Crippen molar-refractivity contribution in [3.05, 3.63) is 70.1 Å². The summed E-state index contributed by atoms with van der Waals surface area (Å²) in [5.41, 5.74) is 2.06. The van der Waals surface area contributed by atoms with E-state index in [0.29, 0.717) is 32.8 Å². The Morgan fingerprint density at radius 1 is 1.20 bits per heavy atom. The highest BCUT2D eigenvalue weighted by Crippen LogP contribution is 2.07. The van der Waals surface area contributed by atoms with Gasteiger partial charge in [-0.2, -0.15) is 0 Å². The first kappa shape index (κ1) is 17.2. The summed E-state index contributed by atoms with van der Waals surface area (Å²) in [5.74, 6) is 0. The lowest BCUT2D eigenvalue weighted by Gasteiger charge is -2.31. The molecule has 2 amide bonds. The molecule has 0 bridgehead atoms. The number of pyridine rings is 1. The Morgan fingerprint density at radius 2 is 1.96 bits per heavy atom. The molecule has 1 aromatic carbocycles. The van der Waals surface area contributed by atoms with Crippen LogP contribution >= 0.6 is 0 Å². The molecule has 1 aromatic heterocycles. The van der Waals surface area contributed by atoms with Crippen LogP contribution < -0.4 is 10.9 Å². The zero-order chi connectivity index (χ0) is 17.6. The van der Waals surface area contributed by atoms with E-state index in [4.69, 9.17) is 4.74 Å². The van der Waals surface area contributed by atoms with Crippen LogP contribution in [0.3, 0.4) is 0 Å². The van der Waals surface area contributed by atoms with E-state index in [9.17, 15) is 9.59 Å². The van der Waals surface area contributed by atoms with Crippen molar-refractivity contribution in [2.45, 2.75) is 26.1 Å². The summed E-state index contributed by atoms with van der Waals surface area (Å²) in [4.78, 5) is 25.7. The smallest absolute Gasteiger partial charge is 0.317 e. The second-order valence-corrected chi connectivity index (χ2v) is 6.27. The molecular weight excluding hydrogens is 318 g/mol. The van der Waals surface area contributed by atoms with Gasteiger partial charge in [-0.15, -0.1) is 0 Å². The summed E-state index contributed by atoms with van der Waals surface area (Å²) in [6, 6.07) is 13.0. The van der Waals surface area contributed by atoms with Gasteiger partial charge in [-0.05, 0) is 24.1 Å². The molecule has 1 atom stereocenters. The molecule has 2 aromatic rings. The second kappa shape index (κ2) is 7.98. The number of hydrogen-bond acceptors (Lipinski definition) is 3. The molecule has 0 radical (unpaired) electrons. The maximum atomic E-state index is 12.2. The van der Waals surface area contributed by atoms with Gasteiger partial charge in [0.1, 0.15) is 0 Å². The van der Waals surface area contributed by atoms with Crippen LogP contribution in [0.4, 0.5) is 4.79 Å². The average molecular weight is 341 g/mol. The van der Waals surface area contributed by atoms with E-state index >= 15 is 0 Å². The minimum Gasteiger partial charge on any atom is -0.375 e. The minimum absolute atomic E-state index is 0.0152. The van der Waals surface area contributed by atoms with Crippen molar-refractivity contribution in [2.75, 3.05) is 19.7 Å². The zero-order valence-electron chi connectivity index (χ0n) is 14.4. The van der Waals surface area contributed by atoms with Crippen molar-refractivity contribution in [3.63, 3.8) is 0 Å². The Morgan fingerprint density at radius 3 is 2.68 bits per heavy atom. The van der Waals surface area contributed by atoms with E-state index in [2.05, 4.69) is 5.32 Å². The second-order valence-electron chi connectivity index (χ2n) is 6.27. The topological polar surface area (TPSA) is 63.6 Å². The third kappa shape index (κ3) is 4.70. The predicted octanol–water partition coefficient (Wildman–Crippen LogP) is 1.83. The molecule has 1 fully saturated rings. The molecule has 6 heteroatoms. The molecule has 0 spiro atoms. The Hall–Kier alpha value is -2.60. The first-order chi connectivity index (χ1) is 12.1. The molecule has 1 unspecified atom stereocenters. The van der Waals surface area contributed by atoms with E-state index in [1.807, 2.05) is 37.3 Å². The molecule has 6 nitrogen and oxygen atoms in total. The fraction of sp³-hybridized carbons (Fsp3) is 0.368. The molecule has 3 rings (SSSR count). The van der Waals surface area contributed by atoms with Crippen LogP contribution in [0.1, 0.15) is 18.1 Å². The van der Waals surface area contributed by atoms with Gasteiger partial charge in [0.25, 0.3) is 5.56 Å². The molecule has 132 valence electrons. The normalized spacial score (nSPS) is 17.3. The van der Waals surface area contributed by atoms with E-state index in [-0.39, 0.29) is 17.7 Å². The molecule has 1 aliphatic heterocycles. The lowest BCUT2D eigenvalue weighted by molar-refractivity contribution is -0.00351. The lowest BCUT2D eigenvalue weighted by Crippen LogP contribution is -2.48.